The fourth-order valence-electron chi connectivity index (χ4n) is 2.39. The molecule has 1 saturated carbocycles. The van der Waals surface area contributed by atoms with Crippen LogP contribution in [0.1, 0.15) is 52.0 Å². The highest BCUT2D eigenvalue weighted by Crippen LogP contribution is 2.32. The third-order valence-corrected chi connectivity index (χ3v) is 3.90. The number of benzene rings is 1. The summed E-state index contributed by atoms with van der Waals surface area (Å²) in [4.78, 5) is 11.9. The number of nitrogens with one attached hydrogen (secondary N) is 1. The van der Waals surface area contributed by atoms with Gasteiger partial charge in [-0.3, -0.25) is 4.79 Å². The molecule has 0 heterocycles. The van der Waals surface area contributed by atoms with E-state index in [0.717, 1.165) is 24.9 Å². The normalized spacial score (nSPS) is 17.7. The molecule has 0 spiro atoms. The van der Waals surface area contributed by atoms with Gasteiger partial charge in [-0.05, 0) is 42.4 Å². The molecule has 0 atom stereocenters. The fourth-order valence-corrected chi connectivity index (χ4v) is 2.39. The maximum Gasteiger partial charge on any atom is 0.226 e. The Hall–Kier alpha value is -1.35. The molecule has 104 valence electrons. The number of nitrogens with two attached hydrogens (primary N) is 1. The molecule has 0 unspecified atom stereocenters. The predicted molar refractivity (Wildman–Crippen MR) is 79.2 cm³/mol. The van der Waals surface area contributed by atoms with E-state index in [2.05, 4.69) is 38.2 Å². The number of anilines is 1. The van der Waals surface area contributed by atoms with Crippen molar-refractivity contribution < 1.29 is 4.79 Å². The summed E-state index contributed by atoms with van der Waals surface area (Å²) in [6, 6.07) is 8.05. The van der Waals surface area contributed by atoms with Crippen LogP contribution in [0.3, 0.4) is 0 Å². The third kappa shape index (κ3) is 3.57. The van der Waals surface area contributed by atoms with E-state index in [4.69, 9.17) is 5.73 Å². The van der Waals surface area contributed by atoms with Gasteiger partial charge >= 0.3 is 0 Å². The van der Waals surface area contributed by atoms with Crippen molar-refractivity contribution in [2.45, 2.75) is 57.4 Å². The first kappa shape index (κ1) is 14.1. The van der Waals surface area contributed by atoms with Crippen LogP contribution < -0.4 is 11.1 Å². The molecule has 19 heavy (non-hydrogen) atoms. The topological polar surface area (TPSA) is 55.1 Å². The Bertz CT molecular complexity index is 453. The summed E-state index contributed by atoms with van der Waals surface area (Å²) in [5.74, 6) is 0.0192. The predicted octanol–water partition coefficient (Wildman–Crippen LogP) is 3.19. The van der Waals surface area contributed by atoms with Gasteiger partial charge in [-0.1, -0.05) is 32.9 Å². The van der Waals surface area contributed by atoms with Crippen LogP contribution in [0.4, 0.5) is 5.69 Å². The molecular formula is C16H24N2O. The highest BCUT2D eigenvalue weighted by molar-refractivity contribution is 5.91. The van der Waals surface area contributed by atoms with E-state index < -0.39 is 0 Å². The molecule has 3 heteroatoms. The molecule has 1 aromatic carbocycles. The van der Waals surface area contributed by atoms with Gasteiger partial charge in [0.15, 0.2) is 0 Å². The highest BCUT2D eigenvalue weighted by atomic mass is 16.1. The molecular weight excluding hydrogens is 236 g/mol. The summed E-state index contributed by atoms with van der Waals surface area (Å²) < 4.78 is 0. The molecule has 3 nitrogen and oxygen atoms in total. The van der Waals surface area contributed by atoms with Gasteiger partial charge in [-0.2, -0.15) is 0 Å². The first-order valence-electron chi connectivity index (χ1n) is 6.98. The second-order valence-corrected chi connectivity index (χ2v) is 6.77. The molecule has 1 aliphatic rings. The smallest absolute Gasteiger partial charge is 0.226 e. The van der Waals surface area contributed by atoms with Gasteiger partial charge in [0, 0.05) is 17.6 Å². The van der Waals surface area contributed by atoms with Crippen LogP contribution in [0.2, 0.25) is 0 Å². The molecule has 1 amide bonds. The third-order valence-electron chi connectivity index (χ3n) is 3.90. The van der Waals surface area contributed by atoms with Crippen LogP contribution in [0.15, 0.2) is 24.3 Å². The van der Waals surface area contributed by atoms with Crippen LogP contribution in [-0.2, 0) is 10.2 Å². The lowest BCUT2D eigenvalue weighted by Crippen LogP contribution is -2.48. The fraction of sp³-hybridized carbons (Fsp3) is 0.562. The van der Waals surface area contributed by atoms with Gasteiger partial charge in [0.2, 0.25) is 5.91 Å². The van der Waals surface area contributed by atoms with E-state index in [1.807, 2.05) is 12.1 Å². The lowest BCUT2D eigenvalue weighted by Gasteiger charge is -2.37. The van der Waals surface area contributed by atoms with Crippen molar-refractivity contribution in [2.75, 3.05) is 5.32 Å². The summed E-state index contributed by atoms with van der Waals surface area (Å²) in [5, 5.41) is 2.93. The van der Waals surface area contributed by atoms with Crippen molar-refractivity contribution in [3.63, 3.8) is 0 Å². The minimum Gasteiger partial charge on any atom is -0.326 e. The average Bonchev–Trinajstić information content (AvgIpc) is 2.26. The Balaban J connectivity index is 1.94. The molecule has 0 radical (unpaired) electrons. The summed E-state index contributed by atoms with van der Waals surface area (Å²) in [6.45, 7) is 6.53. The minimum atomic E-state index is -0.255. The molecule has 0 saturated heterocycles. The van der Waals surface area contributed by atoms with Crippen molar-refractivity contribution in [3.8, 4) is 0 Å². The zero-order valence-corrected chi connectivity index (χ0v) is 12.1. The van der Waals surface area contributed by atoms with Gasteiger partial charge in [-0.15, -0.1) is 0 Å². The van der Waals surface area contributed by atoms with Crippen molar-refractivity contribution >= 4 is 11.6 Å². The molecule has 1 aliphatic carbocycles. The van der Waals surface area contributed by atoms with Gasteiger partial charge in [0.05, 0.1) is 0 Å². The number of carbonyl (C=O) groups is 1. The average molecular weight is 260 g/mol. The Morgan fingerprint density at radius 2 is 1.84 bits per heavy atom. The molecule has 0 aliphatic heterocycles. The summed E-state index contributed by atoms with van der Waals surface area (Å²) in [7, 11) is 0. The monoisotopic (exact) mass is 260 g/mol. The second-order valence-electron chi connectivity index (χ2n) is 6.77. The van der Waals surface area contributed by atoms with E-state index in [1.165, 1.54) is 5.56 Å². The number of hydrogen-bond donors (Lipinski definition) is 2. The van der Waals surface area contributed by atoms with Crippen LogP contribution in [0.25, 0.3) is 0 Å². The van der Waals surface area contributed by atoms with Gasteiger partial charge in [-0.25, -0.2) is 0 Å². The Labute approximate surface area is 115 Å². The van der Waals surface area contributed by atoms with E-state index in [-0.39, 0.29) is 16.9 Å². The first-order chi connectivity index (χ1) is 8.78. The number of carbonyl (C=O) groups excluding carboxylic acids is 1. The number of amides is 1. The molecule has 0 bridgehead atoms. The van der Waals surface area contributed by atoms with E-state index in [0.29, 0.717) is 6.42 Å². The van der Waals surface area contributed by atoms with Crippen molar-refractivity contribution in [3.05, 3.63) is 29.8 Å². The van der Waals surface area contributed by atoms with Crippen LogP contribution in [-0.4, -0.2) is 11.4 Å². The summed E-state index contributed by atoms with van der Waals surface area (Å²) in [5.41, 5.74) is 8.07. The van der Waals surface area contributed by atoms with Crippen LogP contribution in [0, 0.1) is 0 Å². The minimum absolute atomic E-state index is 0.0192. The number of hydrogen-bond acceptors (Lipinski definition) is 2. The Kier molecular flexibility index (Phi) is 3.68. The van der Waals surface area contributed by atoms with E-state index in [1.54, 1.807) is 0 Å². The van der Waals surface area contributed by atoms with Crippen LogP contribution in [0.5, 0.6) is 0 Å². The summed E-state index contributed by atoms with van der Waals surface area (Å²) >= 11 is 0. The second kappa shape index (κ2) is 4.97. The first-order valence-corrected chi connectivity index (χ1v) is 6.98. The van der Waals surface area contributed by atoms with Crippen molar-refractivity contribution in [2.24, 2.45) is 5.73 Å². The molecule has 0 aromatic heterocycles. The summed E-state index contributed by atoms with van der Waals surface area (Å²) in [6.07, 6.45) is 3.49. The van der Waals surface area contributed by atoms with E-state index in [9.17, 15) is 4.79 Å². The van der Waals surface area contributed by atoms with Gasteiger partial charge in [0.1, 0.15) is 0 Å². The van der Waals surface area contributed by atoms with Crippen molar-refractivity contribution in [1.29, 1.82) is 0 Å². The molecule has 1 aromatic rings. The molecule has 1 fully saturated rings. The standard InChI is InChI=1S/C16H24N2O/c1-15(2,3)12-5-7-13(8-6-12)18-14(19)11-16(17)9-4-10-16/h5-8H,4,9-11,17H2,1-3H3,(H,18,19). The largest absolute Gasteiger partial charge is 0.326 e. The van der Waals surface area contributed by atoms with Crippen LogP contribution >= 0.6 is 0 Å². The van der Waals surface area contributed by atoms with Gasteiger partial charge < -0.3 is 11.1 Å². The SMILES string of the molecule is CC(C)(C)c1ccc(NC(=O)CC2(N)CCC2)cc1. The quantitative estimate of drug-likeness (QED) is 0.877. The lowest BCUT2D eigenvalue weighted by molar-refractivity contribution is -0.118. The van der Waals surface area contributed by atoms with Crippen molar-refractivity contribution in [1.82, 2.24) is 0 Å². The number of rotatable bonds is 3. The molecule has 2 rings (SSSR count). The maximum absolute atomic E-state index is 11.9. The van der Waals surface area contributed by atoms with E-state index >= 15 is 0 Å². The zero-order valence-electron chi connectivity index (χ0n) is 12.1. The highest BCUT2D eigenvalue weighted by Gasteiger charge is 2.34. The molecule has 3 N–H and O–H groups in total. The maximum atomic E-state index is 11.9. The zero-order chi connectivity index (χ0) is 14.1. The lowest BCUT2D eigenvalue weighted by atomic mass is 9.75. The Morgan fingerprint density at radius 3 is 2.26 bits per heavy atom. The Morgan fingerprint density at radius 1 is 1.26 bits per heavy atom. The van der Waals surface area contributed by atoms with Gasteiger partial charge in [0.25, 0.3) is 0 Å².